The zero-order chi connectivity index (χ0) is 16.2. The van der Waals surface area contributed by atoms with Gasteiger partial charge in [-0.15, -0.1) is 0 Å². The van der Waals surface area contributed by atoms with Crippen LogP contribution in [0.1, 0.15) is 61.4 Å². The first-order valence-corrected chi connectivity index (χ1v) is 8.79. The quantitative estimate of drug-likeness (QED) is 0.605. The zero-order valence-electron chi connectivity index (χ0n) is 14.6. The second kappa shape index (κ2) is 11.2. The molecule has 0 aliphatic carbocycles. The van der Waals surface area contributed by atoms with Crippen LogP contribution in [0.4, 0.5) is 0 Å². The van der Waals surface area contributed by atoms with Crippen LogP contribution in [-0.2, 0) is 6.42 Å². The number of unbranched alkanes of at least 4 members (excludes halogenated alkanes) is 4. The van der Waals surface area contributed by atoms with E-state index in [0.717, 1.165) is 31.5 Å². The van der Waals surface area contributed by atoms with E-state index in [4.69, 9.17) is 0 Å². The van der Waals surface area contributed by atoms with Crippen LogP contribution in [0, 0.1) is 0 Å². The van der Waals surface area contributed by atoms with E-state index in [1.165, 1.54) is 42.6 Å². The third kappa shape index (κ3) is 8.18. The number of aryl methyl sites for hydroxylation is 1. The van der Waals surface area contributed by atoms with Crippen LogP contribution in [0.3, 0.4) is 0 Å². The van der Waals surface area contributed by atoms with Gasteiger partial charge in [0.05, 0.1) is 20.6 Å². The first-order chi connectivity index (χ1) is 10.6. The molecule has 0 saturated heterocycles. The average molecular weight is 305 g/mol. The Morgan fingerprint density at radius 2 is 1.68 bits per heavy atom. The molecule has 0 saturated carbocycles. The summed E-state index contributed by atoms with van der Waals surface area (Å²) >= 11 is 0. The Kier molecular flexibility index (Phi) is 9.56. The second-order valence-electron chi connectivity index (χ2n) is 6.43. The molecule has 2 N–H and O–H groups in total. The lowest BCUT2D eigenvalue weighted by Gasteiger charge is -2.08. The number of amides is 1. The molecule has 0 aliphatic heterocycles. The summed E-state index contributed by atoms with van der Waals surface area (Å²) < 4.78 is 0. The van der Waals surface area contributed by atoms with Crippen LogP contribution < -0.4 is 10.2 Å². The van der Waals surface area contributed by atoms with Crippen molar-refractivity contribution < 1.29 is 9.69 Å². The van der Waals surface area contributed by atoms with Crippen LogP contribution in [0.2, 0.25) is 0 Å². The number of carbonyl (C=O) groups is 1. The fourth-order valence-electron chi connectivity index (χ4n) is 2.50. The number of quaternary nitrogens is 1. The third-order valence-electron chi connectivity index (χ3n) is 3.92. The van der Waals surface area contributed by atoms with Gasteiger partial charge in [-0.2, -0.15) is 0 Å². The van der Waals surface area contributed by atoms with Crippen molar-refractivity contribution in [3.05, 3.63) is 35.4 Å². The van der Waals surface area contributed by atoms with E-state index in [0.29, 0.717) is 0 Å². The van der Waals surface area contributed by atoms with Crippen molar-refractivity contribution in [3.8, 4) is 0 Å². The summed E-state index contributed by atoms with van der Waals surface area (Å²) in [5, 5.41) is 2.99. The highest BCUT2D eigenvalue weighted by Gasteiger charge is 2.05. The molecule has 1 amide bonds. The van der Waals surface area contributed by atoms with Gasteiger partial charge in [-0.1, -0.05) is 44.7 Å². The Balaban J connectivity index is 2.26. The third-order valence-corrected chi connectivity index (χ3v) is 3.92. The Morgan fingerprint density at radius 1 is 1.00 bits per heavy atom. The van der Waals surface area contributed by atoms with E-state index in [9.17, 15) is 4.79 Å². The molecule has 1 aromatic carbocycles. The molecule has 0 aromatic heterocycles. The molecule has 0 unspecified atom stereocenters. The standard InChI is InChI=1S/C19H32N2O/c1-4-5-6-7-8-10-17-11-13-18(14-12-17)19(22)20-15-9-16-21(2)3/h11-14H,4-10,15-16H2,1-3H3,(H,20,22)/p+1. The molecule has 0 radical (unpaired) electrons. The van der Waals surface area contributed by atoms with Crippen molar-refractivity contribution >= 4 is 5.91 Å². The Labute approximate surface area is 136 Å². The summed E-state index contributed by atoms with van der Waals surface area (Å²) in [4.78, 5) is 13.4. The number of hydrogen-bond donors (Lipinski definition) is 2. The van der Waals surface area contributed by atoms with Crippen LogP contribution in [-0.4, -0.2) is 33.1 Å². The van der Waals surface area contributed by atoms with E-state index in [1.54, 1.807) is 0 Å². The number of benzene rings is 1. The van der Waals surface area contributed by atoms with E-state index < -0.39 is 0 Å². The lowest BCUT2D eigenvalue weighted by atomic mass is 10.0. The van der Waals surface area contributed by atoms with E-state index >= 15 is 0 Å². The fraction of sp³-hybridized carbons (Fsp3) is 0.632. The summed E-state index contributed by atoms with van der Waals surface area (Å²) in [6.07, 6.45) is 8.67. The largest absolute Gasteiger partial charge is 0.352 e. The smallest absolute Gasteiger partial charge is 0.251 e. The number of hydrogen-bond acceptors (Lipinski definition) is 1. The van der Waals surface area contributed by atoms with Gasteiger partial charge in [-0.3, -0.25) is 4.79 Å². The van der Waals surface area contributed by atoms with Crippen molar-refractivity contribution in [3.63, 3.8) is 0 Å². The maximum Gasteiger partial charge on any atom is 0.251 e. The topological polar surface area (TPSA) is 33.5 Å². The SMILES string of the molecule is CCCCCCCc1ccc(C(=O)NCCC[NH+](C)C)cc1. The van der Waals surface area contributed by atoms with Gasteiger partial charge < -0.3 is 10.2 Å². The van der Waals surface area contributed by atoms with Gasteiger partial charge in [-0.05, 0) is 30.5 Å². The van der Waals surface area contributed by atoms with E-state index in [1.807, 2.05) is 12.1 Å². The highest BCUT2D eigenvalue weighted by atomic mass is 16.1. The molecule has 0 heterocycles. The minimum atomic E-state index is 0.0447. The minimum absolute atomic E-state index is 0.0447. The first kappa shape index (κ1) is 18.7. The molecule has 3 nitrogen and oxygen atoms in total. The van der Waals surface area contributed by atoms with E-state index in [2.05, 4.69) is 38.5 Å². The highest BCUT2D eigenvalue weighted by Crippen LogP contribution is 2.10. The molecule has 124 valence electrons. The molecule has 3 heteroatoms. The van der Waals surface area contributed by atoms with Crippen molar-refractivity contribution in [2.24, 2.45) is 0 Å². The van der Waals surface area contributed by atoms with Crippen molar-refractivity contribution in [2.75, 3.05) is 27.2 Å². The molecule has 0 bridgehead atoms. The van der Waals surface area contributed by atoms with Crippen LogP contribution in [0.25, 0.3) is 0 Å². The van der Waals surface area contributed by atoms with Gasteiger partial charge >= 0.3 is 0 Å². The summed E-state index contributed by atoms with van der Waals surface area (Å²) in [6, 6.07) is 8.10. The molecule has 1 aromatic rings. The predicted octanol–water partition coefficient (Wildman–Crippen LogP) is 2.46. The Bertz CT molecular complexity index is 412. The second-order valence-corrected chi connectivity index (χ2v) is 6.43. The van der Waals surface area contributed by atoms with E-state index in [-0.39, 0.29) is 5.91 Å². The molecule has 0 aliphatic rings. The predicted molar refractivity (Wildman–Crippen MR) is 93.5 cm³/mol. The Hall–Kier alpha value is -1.35. The van der Waals surface area contributed by atoms with Gasteiger partial charge in [0.2, 0.25) is 0 Å². The molecule has 0 fully saturated rings. The maximum absolute atomic E-state index is 12.0. The van der Waals surface area contributed by atoms with Crippen molar-refractivity contribution in [1.82, 2.24) is 5.32 Å². The summed E-state index contributed by atoms with van der Waals surface area (Å²) in [5.74, 6) is 0.0447. The molecule has 1 rings (SSSR count). The zero-order valence-corrected chi connectivity index (χ0v) is 14.6. The highest BCUT2D eigenvalue weighted by molar-refractivity contribution is 5.94. The van der Waals surface area contributed by atoms with Crippen LogP contribution >= 0.6 is 0 Å². The van der Waals surface area contributed by atoms with Crippen LogP contribution in [0.5, 0.6) is 0 Å². The normalized spacial score (nSPS) is 10.9. The lowest BCUT2D eigenvalue weighted by Crippen LogP contribution is -3.05. The number of nitrogens with one attached hydrogen (secondary N) is 2. The molecule has 0 spiro atoms. The van der Waals surface area contributed by atoms with Gasteiger partial charge in [-0.25, -0.2) is 0 Å². The van der Waals surface area contributed by atoms with Crippen LogP contribution in [0.15, 0.2) is 24.3 Å². The van der Waals surface area contributed by atoms with Gasteiger partial charge in [0.25, 0.3) is 5.91 Å². The first-order valence-electron chi connectivity index (χ1n) is 8.79. The van der Waals surface area contributed by atoms with Crippen molar-refractivity contribution in [2.45, 2.75) is 51.9 Å². The van der Waals surface area contributed by atoms with Gasteiger partial charge in [0, 0.05) is 18.5 Å². The molecular formula is C19H33N2O+. The van der Waals surface area contributed by atoms with Crippen molar-refractivity contribution in [1.29, 1.82) is 0 Å². The molecule has 22 heavy (non-hydrogen) atoms. The minimum Gasteiger partial charge on any atom is -0.352 e. The summed E-state index contributed by atoms with van der Waals surface area (Å²) in [5.41, 5.74) is 2.11. The van der Waals surface area contributed by atoms with Gasteiger partial charge in [0.1, 0.15) is 0 Å². The number of rotatable bonds is 11. The Morgan fingerprint density at radius 3 is 2.32 bits per heavy atom. The monoisotopic (exact) mass is 305 g/mol. The average Bonchev–Trinajstić information content (AvgIpc) is 2.51. The number of carbonyl (C=O) groups excluding carboxylic acids is 1. The molecule has 0 atom stereocenters. The maximum atomic E-state index is 12.0. The van der Waals surface area contributed by atoms with Gasteiger partial charge in [0.15, 0.2) is 0 Å². The summed E-state index contributed by atoms with van der Waals surface area (Å²) in [7, 11) is 4.26. The summed E-state index contributed by atoms with van der Waals surface area (Å²) in [6.45, 7) is 4.08. The molecular weight excluding hydrogens is 272 g/mol. The fourth-order valence-corrected chi connectivity index (χ4v) is 2.50. The lowest BCUT2D eigenvalue weighted by molar-refractivity contribution is -0.858.